The largest absolute Gasteiger partial charge is 0.422 e. The van der Waals surface area contributed by atoms with Crippen LogP contribution in [-0.4, -0.2) is 16.1 Å². The van der Waals surface area contributed by atoms with Gasteiger partial charge in [0, 0.05) is 11.5 Å². The van der Waals surface area contributed by atoms with Gasteiger partial charge >= 0.3 is 0 Å². The SMILES string of the molecule is CCc1ccc(C2c3c(n[nH]c3-c3ccc(Cl)c(Cl)c3)OC(=N)C2C#N)cc1. The van der Waals surface area contributed by atoms with Crippen molar-refractivity contribution in [2.75, 3.05) is 0 Å². The fraction of sp³-hybridized carbons (Fsp3) is 0.190. The minimum Gasteiger partial charge on any atom is -0.422 e. The quantitative estimate of drug-likeness (QED) is 0.589. The maximum atomic E-state index is 9.76. The van der Waals surface area contributed by atoms with Crippen molar-refractivity contribution in [3.8, 4) is 23.2 Å². The van der Waals surface area contributed by atoms with Gasteiger partial charge in [0.2, 0.25) is 11.8 Å². The predicted molar refractivity (Wildman–Crippen MR) is 109 cm³/mol. The Morgan fingerprint density at radius 2 is 1.93 bits per heavy atom. The number of nitriles is 1. The third kappa shape index (κ3) is 3.05. The molecule has 2 unspecified atom stereocenters. The van der Waals surface area contributed by atoms with E-state index in [-0.39, 0.29) is 11.8 Å². The molecule has 0 saturated heterocycles. The molecule has 1 aromatic heterocycles. The molecule has 2 heterocycles. The van der Waals surface area contributed by atoms with Crippen LogP contribution in [0.25, 0.3) is 11.3 Å². The van der Waals surface area contributed by atoms with Gasteiger partial charge in [-0.25, -0.2) is 0 Å². The third-order valence-corrected chi connectivity index (χ3v) is 5.74. The molecule has 2 aromatic carbocycles. The van der Waals surface area contributed by atoms with Crippen LogP contribution in [0.3, 0.4) is 0 Å². The van der Waals surface area contributed by atoms with E-state index in [9.17, 15) is 5.26 Å². The van der Waals surface area contributed by atoms with Crippen molar-refractivity contribution < 1.29 is 4.74 Å². The summed E-state index contributed by atoms with van der Waals surface area (Å²) in [6.07, 6.45) is 0.928. The van der Waals surface area contributed by atoms with E-state index in [4.69, 9.17) is 33.3 Å². The highest BCUT2D eigenvalue weighted by Gasteiger charge is 2.40. The fourth-order valence-corrected chi connectivity index (χ4v) is 3.81. The normalized spacial score (nSPS) is 18.3. The van der Waals surface area contributed by atoms with Gasteiger partial charge in [0.1, 0.15) is 5.92 Å². The number of aromatic nitrogens is 2. The molecule has 0 amide bonds. The molecular formula is C21H16Cl2N4O. The summed E-state index contributed by atoms with van der Waals surface area (Å²) in [7, 11) is 0. The predicted octanol–water partition coefficient (Wildman–Crippen LogP) is 5.59. The molecule has 1 aliphatic heterocycles. The van der Waals surface area contributed by atoms with Crippen LogP contribution in [0.1, 0.15) is 29.5 Å². The van der Waals surface area contributed by atoms with Crippen molar-refractivity contribution in [2.24, 2.45) is 5.92 Å². The Morgan fingerprint density at radius 3 is 2.57 bits per heavy atom. The second kappa shape index (κ2) is 7.31. The summed E-state index contributed by atoms with van der Waals surface area (Å²) in [5, 5.41) is 26.0. The van der Waals surface area contributed by atoms with Crippen LogP contribution in [0.4, 0.5) is 0 Å². The monoisotopic (exact) mass is 410 g/mol. The van der Waals surface area contributed by atoms with Crippen LogP contribution >= 0.6 is 23.2 Å². The van der Waals surface area contributed by atoms with Gasteiger partial charge in [-0.05, 0) is 29.7 Å². The average Bonchev–Trinajstić information content (AvgIpc) is 3.12. The zero-order chi connectivity index (χ0) is 19.8. The van der Waals surface area contributed by atoms with Crippen LogP contribution in [0.15, 0.2) is 42.5 Å². The van der Waals surface area contributed by atoms with Crippen molar-refractivity contribution in [3.05, 3.63) is 69.2 Å². The van der Waals surface area contributed by atoms with Gasteiger partial charge in [-0.3, -0.25) is 10.5 Å². The number of H-pyrrole nitrogens is 1. The Bertz CT molecular complexity index is 1100. The van der Waals surface area contributed by atoms with Crippen LogP contribution in [0.2, 0.25) is 10.0 Å². The maximum absolute atomic E-state index is 9.76. The van der Waals surface area contributed by atoms with Gasteiger partial charge in [-0.2, -0.15) is 5.26 Å². The van der Waals surface area contributed by atoms with Crippen molar-refractivity contribution in [1.29, 1.82) is 10.7 Å². The summed E-state index contributed by atoms with van der Waals surface area (Å²) >= 11 is 12.2. The second-order valence-corrected chi connectivity index (χ2v) is 7.41. The molecule has 2 atom stereocenters. The number of rotatable bonds is 3. The first-order valence-corrected chi connectivity index (χ1v) is 9.57. The van der Waals surface area contributed by atoms with Gasteiger partial charge in [0.25, 0.3) is 0 Å². The van der Waals surface area contributed by atoms with Gasteiger partial charge in [-0.1, -0.05) is 60.5 Å². The zero-order valence-corrected chi connectivity index (χ0v) is 16.5. The van der Waals surface area contributed by atoms with Crippen LogP contribution in [0.5, 0.6) is 5.88 Å². The Balaban J connectivity index is 1.91. The Labute approximate surface area is 172 Å². The molecule has 0 saturated carbocycles. The minimum absolute atomic E-state index is 0.105. The molecule has 4 rings (SSSR count). The zero-order valence-electron chi connectivity index (χ0n) is 15.0. The lowest BCUT2D eigenvalue weighted by molar-refractivity contribution is 0.437. The summed E-state index contributed by atoms with van der Waals surface area (Å²) in [6, 6.07) is 15.6. The van der Waals surface area contributed by atoms with Crippen molar-refractivity contribution in [1.82, 2.24) is 10.2 Å². The molecule has 0 bridgehead atoms. The number of fused-ring (bicyclic) bond motifs is 1. The molecule has 140 valence electrons. The lowest BCUT2D eigenvalue weighted by Crippen LogP contribution is -2.30. The van der Waals surface area contributed by atoms with E-state index in [1.807, 2.05) is 30.3 Å². The number of benzene rings is 2. The number of nitrogens with zero attached hydrogens (tertiary/aromatic N) is 2. The number of ether oxygens (including phenoxy) is 1. The summed E-state index contributed by atoms with van der Waals surface area (Å²) in [4.78, 5) is 0. The molecule has 0 aliphatic carbocycles. The van der Waals surface area contributed by atoms with E-state index >= 15 is 0 Å². The van der Waals surface area contributed by atoms with Gasteiger partial charge in [0.15, 0.2) is 0 Å². The van der Waals surface area contributed by atoms with Crippen molar-refractivity contribution in [2.45, 2.75) is 19.3 Å². The second-order valence-electron chi connectivity index (χ2n) is 6.59. The third-order valence-electron chi connectivity index (χ3n) is 5.00. The van der Waals surface area contributed by atoms with Crippen molar-refractivity contribution >= 4 is 29.1 Å². The number of hydrogen-bond donors (Lipinski definition) is 2. The standard InChI is InChI=1S/C21H16Cl2N4O/c1-2-11-3-5-12(6-4-11)17-14(10-24)20(25)28-21-18(17)19(26-27-21)13-7-8-15(22)16(23)9-13/h3-9,14,17,25H,2H2,1H3,(H,26,27). The highest BCUT2D eigenvalue weighted by molar-refractivity contribution is 6.42. The lowest BCUT2D eigenvalue weighted by atomic mass is 9.78. The lowest BCUT2D eigenvalue weighted by Gasteiger charge is -2.28. The summed E-state index contributed by atoms with van der Waals surface area (Å²) in [5.74, 6) is -0.927. The number of aryl methyl sites for hydroxylation is 1. The molecule has 28 heavy (non-hydrogen) atoms. The minimum atomic E-state index is -0.751. The molecule has 5 nitrogen and oxygen atoms in total. The Kier molecular flexibility index (Phi) is 4.84. The first-order valence-electron chi connectivity index (χ1n) is 8.82. The smallest absolute Gasteiger partial charge is 0.244 e. The molecule has 0 radical (unpaired) electrons. The highest BCUT2D eigenvalue weighted by atomic mass is 35.5. The molecular weight excluding hydrogens is 395 g/mol. The van der Waals surface area contributed by atoms with E-state index in [2.05, 4.69) is 23.2 Å². The van der Waals surface area contributed by atoms with E-state index in [0.29, 0.717) is 21.6 Å². The number of hydrogen-bond acceptors (Lipinski definition) is 4. The first-order chi connectivity index (χ1) is 13.5. The first kappa shape index (κ1) is 18.5. The molecule has 0 fully saturated rings. The highest BCUT2D eigenvalue weighted by Crippen LogP contribution is 2.46. The molecule has 3 aromatic rings. The van der Waals surface area contributed by atoms with E-state index < -0.39 is 5.92 Å². The van der Waals surface area contributed by atoms with Crippen LogP contribution < -0.4 is 4.74 Å². The van der Waals surface area contributed by atoms with E-state index in [1.165, 1.54) is 5.56 Å². The number of nitrogens with one attached hydrogen (secondary N) is 2. The van der Waals surface area contributed by atoms with Gasteiger partial charge in [0.05, 0.1) is 27.4 Å². The fourth-order valence-electron chi connectivity index (χ4n) is 3.51. The molecule has 0 spiro atoms. The van der Waals surface area contributed by atoms with Crippen LogP contribution in [-0.2, 0) is 6.42 Å². The summed E-state index contributed by atoms with van der Waals surface area (Å²) in [6.45, 7) is 2.09. The number of aromatic amines is 1. The average molecular weight is 411 g/mol. The summed E-state index contributed by atoms with van der Waals surface area (Å²) < 4.78 is 5.55. The van der Waals surface area contributed by atoms with Crippen LogP contribution in [0, 0.1) is 22.7 Å². The summed E-state index contributed by atoms with van der Waals surface area (Å²) in [5.41, 5.74) is 4.36. The van der Waals surface area contributed by atoms with E-state index in [0.717, 1.165) is 23.1 Å². The Hall–Kier alpha value is -2.81. The molecule has 1 aliphatic rings. The van der Waals surface area contributed by atoms with E-state index in [1.54, 1.807) is 12.1 Å². The molecule has 7 heteroatoms. The molecule has 2 N–H and O–H groups in total. The van der Waals surface area contributed by atoms with Gasteiger partial charge in [-0.15, -0.1) is 5.10 Å². The topological polar surface area (TPSA) is 85.5 Å². The maximum Gasteiger partial charge on any atom is 0.244 e. The number of halogens is 2. The van der Waals surface area contributed by atoms with Gasteiger partial charge < -0.3 is 4.74 Å². The van der Waals surface area contributed by atoms with Crippen molar-refractivity contribution in [3.63, 3.8) is 0 Å². The Morgan fingerprint density at radius 1 is 1.18 bits per heavy atom.